The van der Waals surface area contributed by atoms with Gasteiger partial charge in [-0.15, -0.1) is 0 Å². The minimum absolute atomic E-state index is 0. The van der Waals surface area contributed by atoms with Gasteiger partial charge in [0.1, 0.15) is 6.61 Å². The summed E-state index contributed by atoms with van der Waals surface area (Å²) in [6.07, 6.45) is 12.6. The number of aliphatic hydroxyl groups is 1. The van der Waals surface area contributed by atoms with E-state index in [-0.39, 0.29) is 37.4 Å². The minimum atomic E-state index is -0.888. The molecule has 0 fully saturated rings. The Morgan fingerprint density at radius 3 is 1.31 bits per heavy atom. The normalized spacial score (nSPS) is 13.6. The molecule has 2 aliphatic rings. The fourth-order valence-electron chi connectivity index (χ4n) is 6.30. The zero-order chi connectivity index (χ0) is 41.2. The van der Waals surface area contributed by atoms with Gasteiger partial charge < -0.3 is 59.4 Å². The van der Waals surface area contributed by atoms with Crippen LogP contribution in [0.2, 0.25) is 0 Å². The number of benzene rings is 4. The number of carboxylic acid groups (broad SMARTS) is 1. The van der Waals surface area contributed by atoms with Gasteiger partial charge in [0.05, 0.1) is 37.6 Å². The van der Waals surface area contributed by atoms with Crippen molar-refractivity contribution in [1.29, 1.82) is 0 Å². The van der Waals surface area contributed by atoms with Gasteiger partial charge in [-0.1, -0.05) is 113 Å². The van der Waals surface area contributed by atoms with Crippen LogP contribution < -0.4 is 24.8 Å². The maximum Gasteiger partial charge on any atom is 0.338 e. The molecular weight excluding hydrogens is 783 g/mol. The lowest BCUT2D eigenvalue weighted by Gasteiger charge is -2.17. The van der Waals surface area contributed by atoms with Crippen molar-refractivity contribution in [2.75, 3.05) is 53.7 Å². The second kappa shape index (κ2) is 26.2. The molecule has 0 amide bonds. The average Bonchev–Trinajstić information content (AvgIpc) is 3.85. The number of β-amino-alcohol motifs (C(OH)–C–C–N with tert-alkyl or cyclic N) is 1. The Labute approximate surface area is 364 Å². The Morgan fingerprint density at radius 1 is 0.593 bits per heavy atom. The number of halogens is 2. The first-order chi connectivity index (χ1) is 27.5. The van der Waals surface area contributed by atoms with Gasteiger partial charge in [0, 0.05) is 45.4 Å². The molecule has 320 valence electrons. The lowest BCUT2D eigenvalue weighted by atomic mass is 9.96. The predicted molar refractivity (Wildman–Crippen MR) is 231 cm³/mol. The number of esters is 1. The van der Waals surface area contributed by atoms with Crippen LogP contribution in [0.25, 0.3) is 22.3 Å². The molecule has 0 spiro atoms. The van der Waals surface area contributed by atoms with E-state index in [0.29, 0.717) is 36.1 Å². The summed E-state index contributed by atoms with van der Waals surface area (Å²) in [5.41, 5.74) is 8.07. The summed E-state index contributed by atoms with van der Waals surface area (Å²) in [4.78, 5) is 31.4. The smallest absolute Gasteiger partial charge is 0.338 e. The molecule has 2 aliphatic heterocycles. The Morgan fingerprint density at radius 2 is 0.966 bits per heavy atom. The quantitative estimate of drug-likeness (QED) is 0.175. The largest absolute Gasteiger partial charge is 1.00 e. The third kappa shape index (κ3) is 17.0. The van der Waals surface area contributed by atoms with Gasteiger partial charge in [0.15, 0.2) is 0 Å². The molecule has 0 aromatic heterocycles. The van der Waals surface area contributed by atoms with Crippen molar-refractivity contribution < 1.29 is 49.4 Å². The number of carbonyl (C=O) groups excluding carboxylic acids is 1. The van der Waals surface area contributed by atoms with E-state index in [2.05, 4.69) is 95.8 Å². The number of aromatic carboxylic acids is 1. The zero-order valence-electron chi connectivity index (χ0n) is 35.4. The molecule has 0 radical (unpaired) electrons. The maximum absolute atomic E-state index is 12.2. The van der Waals surface area contributed by atoms with E-state index < -0.39 is 5.97 Å². The van der Waals surface area contributed by atoms with Crippen LogP contribution in [0.15, 0.2) is 122 Å². The number of ether oxygens (including phenoxy) is 1. The van der Waals surface area contributed by atoms with Crippen LogP contribution in [0, 0.1) is 11.8 Å². The van der Waals surface area contributed by atoms with Crippen LogP contribution in [0.1, 0.15) is 72.4 Å². The van der Waals surface area contributed by atoms with Crippen molar-refractivity contribution in [1.82, 2.24) is 19.6 Å². The molecule has 0 bridgehead atoms. The lowest BCUT2D eigenvalue weighted by Crippen LogP contribution is -3.00. The van der Waals surface area contributed by atoms with E-state index >= 15 is 0 Å². The van der Waals surface area contributed by atoms with Gasteiger partial charge in [-0.05, 0) is 82.3 Å². The van der Waals surface area contributed by atoms with Crippen molar-refractivity contribution in [3.8, 4) is 22.3 Å². The van der Waals surface area contributed by atoms with Crippen LogP contribution in [0.5, 0.6) is 0 Å². The molecular formula is C48H62Cl2N4O5-2. The molecule has 0 saturated carbocycles. The minimum Gasteiger partial charge on any atom is -1.00 e. The number of hydrogen-bond donors (Lipinski definition) is 2. The van der Waals surface area contributed by atoms with Crippen LogP contribution in [0.4, 0.5) is 0 Å². The first-order valence-electron chi connectivity index (χ1n) is 20.1. The van der Waals surface area contributed by atoms with E-state index in [1.165, 1.54) is 24.0 Å². The molecule has 4 aromatic rings. The van der Waals surface area contributed by atoms with Gasteiger partial charge in [-0.25, -0.2) is 9.59 Å². The summed E-state index contributed by atoms with van der Waals surface area (Å²) < 4.78 is 5.40. The van der Waals surface area contributed by atoms with Crippen molar-refractivity contribution in [2.45, 2.75) is 53.4 Å². The first kappa shape index (κ1) is 50.2. The lowest BCUT2D eigenvalue weighted by molar-refractivity contribution is -0.00100. The van der Waals surface area contributed by atoms with Crippen molar-refractivity contribution in [3.63, 3.8) is 0 Å². The van der Waals surface area contributed by atoms with E-state index in [1.807, 2.05) is 75.3 Å². The molecule has 4 aromatic carbocycles. The highest BCUT2D eigenvalue weighted by molar-refractivity contribution is 5.90. The highest BCUT2D eigenvalue weighted by atomic mass is 35.5. The van der Waals surface area contributed by atoms with Crippen molar-refractivity contribution in [3.05, 3.63) is 144 Å². The van der Waals surface area contributed by atoms with Crippen molar-refractivity contribution >= 4 is 11.9 Å². The van der Waals surface area contributed by atoms with Crippen LogP contribution in [-0.4, -0.2) is 95.5 Å². The van der Waals surface area contributed by atoms with Crippen molar-refractivity contribution in [2.24, 2.45) is 11.8 Å². The molecule has 2 N–H and O–H groups in total. The predicted octanol–water partition coefficient (Wildman–Crippen LogP) is 3.08. The summed E-state index contributed by atoms with van der Waals surface area (Å²) in [5, 5.41) is 17.4. The molecule has 0 aliphatic carbocycles. The molecule has 6 rings (SSSR count). The van der Waals surface area contributed by atoms with Gasteiger partial charge in [-0.3, -0.25) is 0 Å². The summed E-state index contributed by atoms with van der Waals surface area (Å²) in [6, 6.07) is 31.9. The Bertz CT molecular complexity index is 1870. The highest BCUT2D eigenvalue weighted by Gasteiger charge is 2.12. The van der Waals surface area contributed by atoms with E-state index in [1.54, 1.807) is 12.1 Å². The average molecular weight is 846 g/mol. The van der Waals surface area contributed by atoms with Gasteiger partial charge >= 0.3 is 11.9 Å². The van der Waals surface area contributed by atoms with E-state index in [0.717, 1.165) is 55.0 Å². The third-order valence-corrected chi connectivity index (χ3v) is 10.3. The Hall–Kier alpha value is -4.96. The van der Waals surface area contributed by atoms with Gasteiger partial charge in [0.25, 0.3) is 0 Å². The summed E-state index contributed by atoms with van der Waals surface area (Å²) in [5.74, 6) is 0.252. The molecule has 2 heterocycles. The second-order valence-corrected chi connectivity index (χ2v) is 15.2. The highest BCUT2D eigenvalue weighted by Crippen LogP contribution is 2.23. The SMILES string of the molecule is CC[C@@H](C)Cc1ccc(-c2ccc(C(=O)O)cc2)cc1.CC[C@@H](C)Cc1ccc(-c2ccc(C(=O)OCCN3C=CN(C)C3)cc2)cc1.CN1C=CN(CCO)C1.[Cl-].[Cl-]. The van der Waals surface area contributed by atoms with Crippen LogP contribution in [-0.2, 0) is 17.6 Å². The Balaban J connectivity index is 0.000000337. The third-order valence-electron chi connectivity index (χ3n) is 10.3. The number of nitrogens with zero attached hydrogens (tertiary/aromatic N) is 4. The van der Waals surface area contributed by atoms with Gasteiger partial charge in [0.2, 0.25) is 0 Å². The standard InChI is InChI=1S/C24H30N2O2.C18H20O2.C6H12N2O.2ClH/c1-4-19(2)17-20-5-7-21(8-6-20)22-9-11-23(12-10-22)24(27)28-16-15-26-14-13-25(3)18-26;1-3-13(2)12-14-4-6-15(7-5-14)16-8-10-17(11-9-16)18(19)20;1-7-2-3-8(6-7)4-5-9;;/h5-14,19H,4,15-18H2,1-3H3;4-11,13H,3,12H2,1-2H3,(H,19,20);2-3,9H,4-6H2,1H3;2*1H/p-2/t19-;13-;;;/m11.../s1. The molecule has 2 atom stereocenters. The van der Waals surface area contributed by atoms with Gasteiger partial charge in [-0.2, -0.15) is 0 Å². The number of carboxylic acids is 1. The number of hydrogen-bond acceptors (Lipinski definition) is 8. The number of rotatable bonds is 15. The summed E-state index contributed by atoms with van der Waals surface area (Å²) in [7, 11) is 4.03. The topological polar surface area (TPSA) is 96.8 Å². The Kier molecular flexibility index (Phi) is 22.3. The maximum atomic E-state index is 12.2. The second-order valence-electron chi connectivity index (χ2n) is 15.2. The number of carbonyl (C=O) groups is 2. The number of aliphatic hydroxyl groups excluding tert-OH is 1. The monoisotopic (exact) mass is 844 g/mol. The van der Waals surface area contributed by atoms with E-state index in [4.69, 9.17) is 14.9 Å². The molecule has 0 saturated heterocycles. The fraction of sp³-hybridized carbons (Fsp3) is 0.375. The fourth-order valence-corrected chi connectivity index (χ4v) is 6.30. The molecule has 59 heavy (non-hydrogen) atoms. The first-order valence-corrected chi connectivity index (χ1v) is 20.1. The summed E-state index contributed by atoms with van der Waals surface area (Å²) >= 11 is 0. The molecule has 11 heteroatoms. The summed E-state index contributed by atoms with van der Waals surface area (Å²) in [6.45, 7) is 12.8. The van der Waals surface area contributed by atoms with E-state index in [9.17, 15) is 9.59 Å². The van der Waals surface area contributed by atoms with Crippen LogP contribution in [0.3, 0.4) is 0 Å². The molecule has 9 nitrogen and oxygen atoms in total. The van der Waals surface area contributed by atoms with Crippen LogP contribution >= 0.6 is 0 Å². The molecule has 0 unspecified atom stereocenters. The zero-order valence-corrected chi connectivity index (χ0v) is 36.9.